The van der Waals surface area contributed by atoms with E-state index in [1.165, 1.54) is 5.57 Å². The smallest absolute Gasteiger partial charge is 0.170 e. The number of hydrogen-bond acceptors (Lipinski definition) is 2. The largest absolute Gasteiger partial charge is 0.294 e. The molecule has 2 aromatic carbocycles. The number of allylic oxidation sites excluding steroid dienone is 2. The molecule has 0 fully saturated rings. The summed E-state index contributed by atoms with van der Waals surface area (Å²) in [5.41, 5.74) is 3.74. The van der Waals surface area contributed by atoms with Crippen LogP contribution in [0.25, 0.3) is 0 Å². The molecule has 2 aromatic rings. The summed E-state index contributed by atoms with van der Waals surface area (Å²) in [6.07, 6.45) is 0. The lowest BCUT2D eigenvalue weighted by Gasteiger charge is -2.40. The van der Waals surface area contributed by atoms with Gasteiger partial charge in [0, 0.05) is 23.0 Å². The van der Waals surface area contributed by atoms with Crippen molar-refractivity contribution in [1.82, 2.24) is 0 Å². The molecule has 0 N–H and O–H groups in total. The summed E-state index contributed by atoms with van der Waals surface area (Å²) in [7, 11) is 0. The molecular formula is C24H26O2. The molecule has 1 aliphatic rings. The maximum atomic E-state index is 13.2. The van der Waals surface area contributed by atoms with Gasteiger partial charge in [-0.2, -0.15) is 0 Å². The number of benzene rings is 2. The Morgan fingerprint density at radius 2 is 1.15 bits per heavy atom. The summed E-state index contributed by atoms with van der Waals surface area (Å²) >= 11 is 0. The Bertz CT molecular complexity index is 833. The van der Waals surface area contributed by atoms with Crippen LogP contribution in [0.3, 0.4) is 0 Å². The minimum absolute atomic E-state index is 0.0332. The van der Waals surface area contributed by atoms with E-state index >= 15 is 0 Å². The van der Waals surface area contributed by atoms with Crippen molar-refractivity contribution >= 4 is 11.6 Å². The van der Waals surface area contributed by atoms with Crippen LogP contribution in [0.4, 0.5) is 0 Å². The molecule has 0 saturated heterocycles. The van der Waals surface area contributed by atoms with E-state index in [1.54, 1.807) is 0 Å². The van der Waals surface area contributed by atoms with Gasteiger partial charge in [0.15, 0.2) is 11.6 Å². The van der Waals surface area contributed by atoms with Gasteiger partial charge in [-0.05, 0) is 25.7 Å². The van der Waals surface area contributed by atoms with Crippen molar-refractivity contribution in [2.24, 2.45) is 23.7 Å². The van der Waals surface area contributed by atoms with Crippen LogP contribution < -0.4 is 0 Å². The fraction of sp³-hybridized carbons (Fsp3) is 0.333. The van der Waals surface area contributed by atoms with Gasteiger partial charge in [0.2, 0.25) is 0 Å². The molecule has 0 bridgehead atoms. The van der Waals surface area contributed by atoms with Gasteiger partial charge in [-0.1, -0.05) is 85.7 Å². The first-order valence-corrected chi connectivity index (χ1v) is 9.29. The Balaban J connectivity index is 2.01. The van der Waals surface area contributed by atoms with Gasteiger partial charge in [-0.25, -0.2) is 0 Å². The van der Waals surface area contributed by atoms with Crippen LogP contribution in [0.15, 0.2) is 71.8 Å². The maximum absolute atomic E-state index is 13.2. The van der Waals surface area contributed by atoms with Crippen LogP contribution in [0.5, 0.6) is 0 Å². The van der Waals surface area contributed by atoms with E-state index < -0.39 is 0 Å². The van der Waals surface area contributed by atoms with Gasteiger partial charge in [-0.15, -0.1) is 0 Å². The highest BCUT2D eigenvalue weighted by Crippen LogP contribution is 2.44. The van der Waals surface area contributed by atoms with Gasteiger partial charge in [0.25, 0.3) is 0 Å². The molecule has 4 atom stereocenters. The number of hydrogen-bond donors (Lipinski definition) is 0. The fourth-order valence-electron chi connectivity index (χ4n) is 4.41. The lowest BCUT2D eigenvalue weighted by Crippen LogP contribution is -2.41. The predicted octanol–water partition coefficient (Wildman–Crippen LogP) is 5.61. The van der Waals surface area contributed by atoms with Crippen LogP contribution in [-0.4, -0.2) is 11.6 Å². The molecule has 0 aliphatic heterocycles. The Labute approximate surface area is 155 Å². The third kappa shape index (κ3) is 3.16. The average Bonchev–Trinajstić information content (AvgIpc) is 2.67. The number of Topliss-reactive ketones (excluding diaryl/α,β-unsaturated/α-hetero) is 2. The second-order valence-electron chi connectivity index (χ2n) is 7.48. The average molecular weight is 346 g/mol. The first-order chi connectivity index (χ1) is 12.4. The summed E-state index contributed by atoms with van der Waals surface area (Å²) in [5, 5.41) is 0. The van der Waals surface area contributed by atoms with E-state index in [0.29, 0.717) is 0 Å². The topological polar surface area (TPSA) is 34.1 Å². The van der Waals surface area contributed by atoms with E-state index in [0.717, 1.165) is 16.7 Å². The van der Waals surface area contributed by atoms with Crippen LogP contribution in [0.2, 0.25) is 0 Å². The molecule has 0 unspecified atom stereocenters. The molecule has 3 rings (SSSR count). The highest BCUT2D eigenvalue weighted by molar-refractivity contribution is 6.02. The first kappa shape index (κ1) is 18.3. The highest BCUT2D eigenvalue weighted by atomic mass is 16.1. The Kier molecular flexibility index (Phi) is 5.22. The molecule has 0 radical (unpaired) electrons. The summed E-state index contributed by atoms with van der Waals surface area (Å²) < 4.78 is 0. The molecule has 2 nitrogen and oxygen atoms in total. The molecule has 0 heterocycles. The number of rotatable bonds is 4. The third-order valence-corrected chi connectivity index (χ3v) is 6.10. The van der Waals surface area contributed by atoms with Crippen molar-refractivity contribution in [3.8, 4) is 0 Å². The first-order valence-electron chi connectivity index (χ1n) is 9.29. The SMILES string of the molecule is CC1=C(C)[C@H](C)[C@H](C(=O)c2ccccc2)[C@H](C)[C@H]1C(=O)c1ccccc1. The second-order valence-corrected chi connectivity index (χ2v) is 7.48. The van der Waals surface area contributed by atoms with Crippen molar-refractivity contribution < 1.29 is 9.59 Å². The highest BCUT2D eigenvalue weighted by Gasteiger charge is 2.44. The fourth-order valence-corrected chi connectivity index (χ4v) is 4.41. The minimum atomic E-state index is -0.244. The molecular weight excluding hydrogens is 320 g/mol. The van der Waals surface area contributed by atoms with Crippen molar-refractivity contribution in [2.45, 2.75) is 27.7 Å². The molecule has 0 amide bonds. The number of carbonyl (C=O) groups excluding carboxylic acids is 2. The summed E-state index contributed by atoms with van der Waals surface area (Å²) in [5.74, 6) is -0.0623. The van der Waals surface area contributed by atoms with Crippen LogP contribution >= 0.6 is 0 Å². The van der Waals surface area contributed by atoms with E-state index in [2.05, 4.69) is 27.7 Å². The van der Waals surface area contributed by atoms with Crippen molar-refractivity contribution in [3.05, 3.63) is 82.9 Å². The van der Waals surface area contributed by atoms with Crippen LogP contribution in [-0.2, 0) is 0 Å². The van der Waals surface area contributed by atoms with Gasteiger partial charge < -0.3 is 0 Å². The summed E-state index contributed by atoms with van der Waals surface area (Å²) in [6, 6.07) is 18.9. The molecule has 0 aromatic heterocycles. The van der Waals surface area contributed by atoms with Crippen molar-refractivity contribution in [1.29, 1.82) is 0 Å². The van der Waals surface area contributed by atoms with Crippen molar-refractivity contribution in [2.75, 3.05) is 0 Å². The zero-order valence-electron chi connectivity index (χ0n) is 15.9. The zero-order chi connectivity index (χ0) is 18.8. The Hall–Kier alpha value is -2.48. The van der Waals surface area contributed by atoms with Crippen LogP contribution in [0.1, 0.15) is 48.4 Å². The molecule has 1 aliphatic carbocycles. The van der Waals surface area contributed by atoms with Gasteiger partial charge in [0.05, 0.1) is 0 Å². The van der Waals surface area contributed by atoms with E-state index in [4.69, 9.17) is 0 Å². The van der Waals surface area contributed by atoms with Crippen molar-refractivity contribution in [3.63, 3.8) is 0 Å². The predicted molar refractivity (Wildman–Crippen MR) is 105 cm³/mol. The van der Waals surface area contributed by atoms with E-state index in [1.807, 2.05) is 60.7 Å². The zero-order valence-corrected chi connectivity index (χ0v) is 15.9. The molecule has 134 valence electrons. The molecule has 2 heteroatoms. The lowest BCUT2D eigenvalue weighted by molar-refractivity contribution is 0.0722. The van der Waals surface area contributed by atoms with E-state index in [-0.39, 0.29) is 35.2 Å². The second kappa shape index (κ2) is 7.41. The Morgan fingerprint density at radius 1 is 0.692 bits per heavy atom. The Morgan fingerprint density at radius 3 is 1.65 bits per heavy atom. The quantitative estimate of drug-likeness (QED) is 0.533. The standard InChI is InChI=1S/C24H26O2/c1-15-16(2)21(23(25)19-11-7-5-8-12-19)18(4)22(17(15)3)24(26)20-13-9-6-10-14-20/h5-14,16,18,21-22H,1-4H3/t16-,18-,21-,22-/m0/s1. The maximum Gasteiger partial charge on any atom is 0.170 e. The minimum Gasteiger partial charge on any atom is -0.294 e. The number of ketones is 2. The molecule has 26 heavy (non-hydrogen) atoms. The van der Waals surface area contributed by atoms with Gasteiger partial charge in [-0.3, -0.25) is 9.59 Å². The molecule has 0 saturated carbocycles. The third-order valence-electron chi connectivity index (χ3n) is 6.10. The summed E-state index contributed by atoms with van der Waals surface area (Å²) in [6.45, 7) is 8.30. The monoisotopic (exact) mass is 346 g/mol. The lowest BCUT2D eigenvalue weighted by atomic mass is 9.62. The molecule has 0 spiro atoms. The van der Waals surface area contributed by atoms with Gasteiger partial charge >= 0.3 is 0 Å². The summed E-state index contributed by atoms with van der Waals surface area (Å²) in [4.78, 5) is 26.5. The van der Waals surface area contributed by atoms with E-state index in [9.17, 15) is 9.59 Å². The van der Waals surface area contributed by atoms with Gasteiger partial charge in [0.1, 0.15) is 0 Å². The normalized spacial score (nSPS) is 25.8. The number of carbonyl (C=O) groups is 2. The van der Waals surface area contributed by atoms with Crippen LogP contribution in [0, 0.1) is 23.7 Å².